The summed E-state index contributed by atoms with van der Waals surface area (Å²) in [5.41, 5.74) is 6.14. The van der Waals surface area contributed by atoms with Crippen LogP contribution >= 0.6 is 34.4 Å². The summed E-state index contributed by atoms with van der Waals surface area (Å²) >= 11 is 4.47. The summed E-state index contributed by atoms with van der Waals surface area (Å²) in [6, 6.07) is 1.48. The van der Waals surface area contributed by atoms with Gasteiger partial charge in [0.1, 0.15) is 5.01 Å². The predicted octanol–water partition coefficient (Wildman–Crippen LogP) is 1.79. The molecule has 0 spiro atoms. The smallest absolute Gasteiger partial charge is 0.275 e. The van der Waals surface area contributed by atoms with Crippen LogP contribution in [0.2, 0.25) is 0 Å². The summed E-state index contributed by atoms with van der Waals surface area (Å²) in [6.45, 7) is 1.80. The fourth-order valence-electron chi connectivity index (χ4n) is 1.49. The molecule has 0 aliphatic carbocycles. The van der Waals surface area contributed by atoms with Gasteiger partial charge < -0.3 is 5.73 Å². The molecule has 0 aromatic carbocycles. The predicted molar refractivity (Wildman–Crippen MR) is 78.0 cm³/mol. The number of hydrogen-bond acceptors (Lipinski definition) is 8. The molecular formula is C10H9N5OS3. The van der Waals surface area contributed by atoms with E-state index in [1.54, 1.807) is 24.9 Å². The minimum atomic E-state index is -0.142. The van der Waals surface area contributed by atoms with E-state index in [0.717, 1.165) is 9.22 Å². The van der Waals surface area contributed by atoms with Crippen molar-refractivity contribution in [3.63, 3.8) is 0 Å². The highest BCUT2D eigenvalue weighted by molar-refractivity contribution is 8.00. The maximum atomic E-state index is 11.7. The molecule has 0 aliphatic heterocycles. The Kier molecular flexibility index (Phi) is 3.25. The second-order valence-electron chi connectivity index (χ2n) is 3.73. The molecule has 0 amide bonds. The van der Waals surface area contributed by atoms with Crippen LogP contribution in [0.5, 0.6) is 0 Å². The lowest BCUT2D eigenvalue weighted by Crippen LogP contribution is -2.14. The van der Waals surface area contributed by atoms with E-state index < -0.39 is 0 Å². The Labute approximate surface area is 120 Å². The van der Waals surface area contributed by atoms with Crippen LogP contribution in [-0.4, -0.2) is 19.6 Å². The Morgan fingerprint density at radius 1 is 1.47 bits per heavy atom. The van der Waals surface area contributed by atoms with E-state index in [0.29, 0.717) is 21.5 Å². The number of nitrogen functional groups attached to an aromatic ring is 1. The third kappa shape index (κ3) is 2.62. The SMILES string of the molecule is Cc1cc(=O)n2nc(CSc3cnc(N)s3)sc2n1. The molecule has 9 heteroatoms. The van der Waals surface area contributed by atoms with Gasteiger partial charge in [0.25, 0.3) is 5.56 Å². The average molecular weight is 311 g/mol. The van der Waals surface area contributed by atoms with Crippen molar-refractivity contribution in [3.05, 3.63) is 33.3 Å². The Hall–Kier alpha value is -1.45. The van der Waals surface area contributed by atoms with Gasteiger partial charge in [-0.1, -0.05) is 22.7 Å². The van der Waals surface area contributed by atoms with Crippen LogP contribution < -0.4 is 11.3 Å². The molecule has 3 rings (SSSR count). The Bertz CT molecular complexity index is 790. The van der Waals surface area contributed by atoms with Gasteiger partial charge in [-0.25, -0.2) is 9.97 Å². The highest BCUT2D eigenvalue weighted by atomic mass is 32.2. The number of hydrogen-bond donors (Lipinski definition) is 1. The maximum Gasteiger partial charge on any atom is 0.275 e. The molecule has 6 nitrogen and oxygen atoms in total. The topological polar surface area (TPSA) is 86.2 Å². The van der Waals surface area contributed by atoms with Crippen molar-refractivity contribution in [2.24, 2.45) is 0 Å². The van der Waals surface area contributed by atoms with Crippen molar-refractivity contribution in [2.75, 3.05) is 5.73 Å². The zero-order valence-corrected chi connectivity index (χ0v) is 12.3. The van der Waals surface area contributed by atoms with E-state index in [4.69, 9.17) is 5.73 Å². The van der Waals surface area contributed by atoms with Gasteiger partial charge in [-0.05, 0) is 6.92 Å². The quantitative estimate of drug-likeness (QED) is 0.742. The molecule has 0 aliphatic rings. The summed E-state index contributed by atoms with van der Waals surface area (Å²) in [7, 11) is 0. The number of anilines is 1. The normalized spacial score (nSPS) is 11.2. The van der Waals surface area contributed by atoms with Crippen molar-refractivity contribution < 1.29 is 0 Å². The van der Waals surface area contributed by atoms with Gasteiger partial charge in [-0.2, -0.15) is 9.61 Å². The zero-order valence-electron chi connectivity index (χ0n) is 9.86. The molecule has 0 bridgehead atoms. The number of thioether (sulfide) groups is 1. The molecular weight excluding hydrogens is 302 g/mol. The second-order valence-corrected chi connectivity index (χ2v) is 7.11. The van der Waals surface area contributed by atoms with Crippen LogP contribution in [0.15, 0.2) is 21.3 Å². The number of fused-ring (bicyclic) bond motifs is 1. The summed E-state index contributed by atoms with van der Waals surface area (Å²) in [4.78, 5) is 20.6. The lowest BCUT2D eigenvalue weighted by molar-refractivity contribution is 0.870. The van der Waals surface area contributed by atoms with Crippen LogP contribution in [0.4, 0.5) is 5.13 Å². The molecule has 3 heterocycles. The minimum absolute atomic E-state index is 0.142. The minimum Gasteiger partial charge on any atom is -0.375 e. The van der Waals surface area contributed by atoms with Crippen LogP contribution in [-0.2, 0) is 5.75 Å². The highest BCUT2D eigenvalue weighted by Gasteiger charge is 2.09. The highest BCUT2D eigenvalue weighted by Crippen LogP contribution is 2.30. The van der Waals surface area contributed by atoms with Crippen molar-refractivity contribution in [1.29, 1.82) is 0 Å². The van der Waals surface area contributed by atoms with Gasteiger partial charge in [0.2, 0.25) is 4.96 Å². The molecule has 0 unspecified atom stereocenters. The van der Waals surface area contributed by atoms with Crippen molar-refractivity contribution >= 4 is 44.5 Å². The molecule has 0 saturated carbocycles. The third-order valence-electron chi connectivity index (χ3n) is 2.26. The number of aromatic nitrogens is 4. The zero-order chi connectivity index (χ0) is 13.4. The van der Waals surface area contributed by atoms with Gasteiger partial charge in [0.15, 0.2) is 5.13 Å². The van der Waals surface area contributed by atoms with Crippen LogP contribution in [0.1, 0.15) is 10.7 Å². The van der Waals surface area contributed by atoms with Gasteiger partial charge in [0.05, 0.1) is 16.2 Å². The molecule has 3 aromatic heterocycles. The van der Waals surface area contributed by atoms with Gasteiger partial charge in [-0.15, -0.1) is 11.8 Å². The van der Waals surface area contributed by atoms with E-state index >= 15 is 0 Å². The monoisotopic (exact) mass is 311 g/mol. The first kappa shape index (κ1) is 12.6. The standard InChI is InChI=1S/C10H9N5OS3/c1-5-2-7(16)15-10(13-5)18-6(14-15)4-17-8-3-12-9(11)19-8/h2-3H,4H2,1H3,(H2,11,12). The fraction of sp³-hybridized carbons (Fsp3) is 0.200. The van der Waals surface area contributed by atoms with Crippen molar-refractivity contribution in [2.45, 2.75) is 16.9 Å². The molecule has 98 valence electrons. The Morgan fingerprint density at radius 3 is 3.05 bits per heavy atom. The lowest BCUT2D eigenvalue weighted by Gasteiger charge is -1.91. The number of aryl methyl sites for hydroxylation is 1. The van der Waals surface area contributed by atoms with E-state index in [-0.39, 0.29) is 5.56 Å². The van der Waals surface area contributed by atoms with E-state index in [2.05, 4.69) is 15.1 Å². The van der Waals surface area contributed by atoms with Gasteiger partial charge in [0, 0.05) is 11.8 Å². The van der Waals surface area contributed by atoms with Gasteiger partial charge >= 0.3 is 0 Å². The average Bonchev–Trinajstić information content (AvgIpc) is 2.92. The maximum absolute atomic E-state index is 11.7. The summed E-state index contributed by atoms with van der Waals surface area (Å²) < 4.78 is 2.38. The van der Waals surface area contributed by atoms with Crippen molar-refractivity contribution in [1.82, 2.24) is 19.6 Å². The van der Waals surface area contributed by atoms with Gasteiger partial charge in [-0.3, -0.25) is 4.79 Å². The first-order valence-corrected chi connectivity index (χ1v) is 7.94. The molecule has 0 atom stereocenters. The van der Waals surface area contributed by atoms with E-state index in [1.165, 1.54) is 33.3 Å². The molecule has 19 heavy (non-hydrogen) atoms. The van der Waals surface area contributed by atoms with E-state index in [1.807, 2.05) is 0 Å². The summed E-state index contributed by atoms with van der Waals surface area (Å²) in [6.07, 6.45) is 1.74. The lowest BCUT2D eigenvalue weighted by atomic mass is 10.5. The van der Waals surface area contributed by atoms with Crippen LogP contribution in [0.25, 0.3) is 4.96 Å². The van der Waals surface area contributed by atoms with Crippen LogP contribution in [0, 0.1) is 6.92 Å². The van der Waals surface area contributed by atoms with E-state index in [9.17, 15) is 4.79 Å². The largest absolute Gasteiger partial charge is 0.375 e. The number of thiazole rings is 1. The summed E-state index contributed by atoms with van der Waals surface area (Å²) in [5.74, 6) is 0.675. The first-order valence-electron chi connectivity index (χ1n) is 5.32. The molecule has 2 N–H and O–H groups in total. The summed E-state index contributed by atoms with van der Waals surface area (Å²) in [5, 5.41) is 5.68. The number of nitrogens with zero attached hydrogens (tertiary/aromatic N) is 4. The first-order chi connectivity index (χ1) is 9.11. The molecule has 0 radical (unpaired) electrons. The molecule has 0 saturated heterocycles. The number of nitrogens with two attached hydrogens (primary N) is 1. The second kappa shape index (κ2) is 4.91. The third-order valence-corrected chi connectivity index (χ3v) is 5.38. The van der Waals surface area contributed by atoms with Crippen LogP contribution in [0.3, 0.4) is 0 Å². The van der Waals surface area contributed by atoms with Crippen molar-refractivity contribution in [3.8, 4) is 0 Å². The Balaban J connectivity index is 1.85. The molecule has 3 aromatic rings. The Morgan fingerprint density at radius 2 is 2.32 bits per heavy atom. The molecule has 0 fully saturated rings. The fourth-order valence-corrected chi connectivity index (χ4v) is 4.18. The number of rotatable bonds is 3.